The number of carbonyl (C=O) groups is 1. The Labute approximate surface area is 127 Å². The zero-order valence-corrected chi connectivity index (χ0v) is 12.1. The van der Waals surface area contributed by atoms with E-state index < -0.39 is 11.7 Å². The number of benzene rings is 1. The van der Waals surface area contributed by atoms with Crippen LogP contribution in [0.5, 0.6) is 0 Å². The van der Waals surface area contributed by atoms with Crippen molar-refractivity contribution in [2.24, 2.45) is 11.7 Å². The summed E-state index contributed by atoms with van der Waals surface area (Å²) >= 11 is 0. The number of halogens is 3. The van der Waals surface area contributed by atoms with Crippen LogP contribution in [-0.4, -0.2) is 23.4 Å². The van der Waals surface area contributed by atoms with E-state index in [-0.39, 0.29) is 18.0 Å². The Morgan fingerprint density at radius 2 is 1.82 bits per heavy atom. The molecule has 3 nitrogen and oxygen atoms in total. The predicted octanol–water partition coefficient (Wildman–Crippen LogP) is 3.11. The van der Waals surface area contributed by atoms with Crippen LogP contribution in [0.25, 0.3) is 0 Å². The third kappa shape index (κ3) is 2.97. The fourth-order valence-electron chi connectivity index (χ4n) is 3.44. The molecule has 22 heavy (non-hydrogen) atoms. The van der Waals surface area contributed by atoms with E-state index in [2.05, 4.69) is 4.90 Å². The fraction of sp³-hybridized carbons (Fsp3) is 0.562. The summed E-state index contributed by atoms with van der Waals surface area (Å²) in [4.78, 5) is 13.7. The molecule has 1 amide bonds. The maximum Gasteiger partial charge on any atom is 0.416 e. The second-order valence-electron chi connectivity index (χ2n) is 6.20. The maximum atomic E-state index is 12.7. The quantitative estimate of drug-likeness (QED) is 0.928. The summed E-state index contributed by atoms with van der Waals surface area (Å²) in [6.45, 7) is 0.774. The first-order valence-corrected chi connectivity index (χ1v) is 7.60. The summed E-state index contributed by atoms with van der Waals surface area (Å²) in [5.41, 5.74) is 5.69. The number of primary amides is 1. The highest BCUT2D eigenvalue weighted by atomic mass is 19.4. The second-order valence-corrected chi connectivity index (χ2v) is 6.20. The van der Waals surface area contributed by atoms with E-state index in [1.807, 2.05) is 0 Å². The van der Waals surface area contributed by atoms with Crippen LogP contribution in [0.2, 0.25) is 0 Å². The number of likely N-dealkylation sites (tertiary alicyclic amines) is 1. The predicted molar refractivity (Wildman–Crippen MR) is 75.8 cm³/mol. The van der Waals surface area contributed by atoms with Gasteiger partial charge >= 0.3 is 6.18 Å². The van der Waals surface area contributed by atoms with E-state index in [9.17, 15) is 18.0 Å². The summed E-state index contributed by atoms with van der Waals surface area (Å²) in [5, 5.41) is 0. The van der Waals surface area contributed by atoms with Crippen molar-refractivity contribution < 1.29 is 18.0 Å². The lowest BCUT2D eigenvalue weighted by molar-refractivity contribution is -0.137. The van der Waals surface area contributed by atoms with Crippen molar-refractivity contribution in [1.29, 1.82) is 0 Å². The van der Waals surface area contributed by atoms with Crippen LogP contribution in [0.3, 0.4) is 0 Å². The zero-order valence-electron chi connectivity index (χ0n) is 12.1. The summed E-state index contributed by atoms with van der Waals surface area (Å²) in [5.74, 6) is 0.0757. The number of nitrogens with two attached hydrogens (primary N) is 1. The monoisotopic (exact) mass is 312 g/mol. The van der Waals surface area contributed by atoms with Crippen LogP contribution in [0.15, 0.2) is 24.3 Å². The van der Waals surface area contributed by atoms with Gasteiger partial charge in [-0.05, 0) is 55.8 Å². The van der Waals surface area contributed by atoms with Gasteiger partial charge in [0.25, 0.3) is 0 Å². The Kier molecular flexibility index (Phi) is 3.89. The number of hydrogen-bond donors (Lipinski definition) is 1. The number of alkyl halides is 3. The lowest BCUT2D eigenvalue weighted by Crippen LogP contribution is -2.43. The lowest BCUT2D eigenvalue weighted by atomic mass is 9.98. The van der Waals surface area contributed by atoms with Gasteiger partial charge in [-0.15, -0.1) is 0 Å². The highest BCUT2D eigenvalue weighted by molar-refractivity contribution is 5.80. The van der Waals surface area contributed by atoms with Crippen molar-refractivity contribution in [3.05, 3.63) is 35.4 Å². The number of hydrogen-bond acceptors (Lipinski definition) is 2. The second kappa shape index (κ2) is 5.57. The summed E-state index contributed by atoms with van der Waals surface area (Å²) in [7, 11) is 0. The average Bonchev–Trinajstić information content (AvgIpc) is 3.15. The van der Waals surface area contributed by atoms with Gasteiger partial charge in [0.05, 0.1) is 11.6 Å². The molecule has 0 aromatic heterocycles. The summed E-state index contributed by atoms with van der Waals surface area (Å²) < 4.78 is 38.1. The van der Waals surface area contributed by atoms with Crippen molar-refractivity contribution in [2.45, 2.75) is 43.9 Å². The lowest BCUT2D eigenvalue weighted by Gasteiger charge is -2.32. The standard InChI is InChI=1S/C16H19F3N2O/c17-16(18,19)12-7-5-11(6-8-12)14(10-3-4-10)21-9-1-2-13(21)15(20)22/h5-8,10,13-14H,1-4,9H2,(H2,20,22)/t13-,14-/m1/s1. The van der Waals surface area contributed by atoms with E-state index in [1.54, 1.807) is 12.1 Å². The molecule has 1 aromatic rings. The minimum absolute atomic E-state index is 0.00211. The van der Waals surface area contributed by atoms with Gasteiger partial charge in [-0.2, -0.15) is 13.2 Å². The average molecular weight is 312 g/mol. The Hall–Kier alpha value is -1.56. The normalized spacial score (nSPS) is 24.4. The largest absolute Gasteiger partial charge is 0.416 e. The van der Waals surface area contributed by atoms with Gasteiger partial charge in [0, 0.05) is 6.04 Å². The molecule has 6 heteroatoms. The topological polar surface area (TPSA) is 46.3 Å². The summed E-state index contributed by atoms with van der Waals surface area (Å²) in [6, 6.07) is 5.04. The first-order valence-electron chi connectivity index (χ1n) is 7.60. The highest BCUT2D eigenvalue weighted by Crippen LogP contribution is 2.47. The van der Waals surface area contributed by atoms with Crippen LogP contribution in [0.1, 0.15) is 42.9 Å². The molecule has 120 valence electrons. The molecule has 1 heterocycles. The molecule has 0 bridgehead atoms. The van der Waals surface area contributed by atoms with Gasteiger partial charge in [0.1, 0.15) is 0 Å². The number of carbonyl (C=O) groups excluding carboxylic acids is 1. The van der Waals surface area contributed by atoms with E-state index in [1.165, 1.54) is 0 Å². The molecule has 2 fully saturated rings. The molecular weight excluding hydrogens is 293 g/mol. The third-order valence-electron chi connectivity index (χ3n) is 4.63. The van der Waals surface area contributed by atoms with Crippen LogP contribution < -0.4 is 5.73 Å². The van der Waals surface area contributed by atoms with Crippen molar-refractivity contribution >= 4 is 5.91 Å². The van der Waals surface area contributed by atoms with E-state index >= 15 is 0 Å². The third-order valence-corrected chi connectivity index (χ3v) is 4.63. The van der Waals surface area contributed by atoms with Gasteiger partial charge in [-0.3, -0.25) is 9.69 Å². The Morgan fingerprint density at radius 3 is 2.32 bits per heavy atom. The Balaban J connectivity index is 1.87. The smallest absolute Gasteiger partial charge is 0.368 e. The van der Waals surface area contributed by atoms with Crippen LogP contribution >= 0.6 is 0 Å². The SMILES string of the molecule is NC(=O)[C@H]1CCCN1[C@@H](c1ccc(C(F)(F)F)cc1)C1CC1. The van der Waals surface area contributed by atoms with Gasteiger partial charge < -0.3 is 5.73 Å². The minimum Gasteiger partial charge on any atom is -0.368 e. The molecule has 0 radical (unpaired) electrons. The molecule has 1 saturated heterocycles. The van der Waals surface area contributed by atoms with Crippen LogP contribution in [-0.2, 0) is 11.0 Å². The maximum absolute atomic E-state index is 12.7. The molecule has 1 aromatic carbocycles. The Bertz CT molecular complexity index is 552. The molecule has 1 aliphatic heterocycles. The van der Waals surface area contributed by atoms with Gasteiger partial charge in [-0.25, -0.2) is 0 Å². The van der Waals surface area contributed by atoms with Crippen LogP contribution in [0.4, 0.5) is 13.2 Å². The first-order chi connectivity index (χ1) is 10.4. The molecule has 2 N–H and O–H groups in total. The molecule has 1 aliphatic carbocycles. The minimum atomic E-state index is -4.32. The van der Waals surface area contributed by atoms with Gasteiger partial charge in [0.2, 0.25) is 5.91 Å². The molecule has 2 atom stereocenters. The molecule has 0 unspecified atom stereocenters. The van der Waals surface area contributed by atoms with Gasteiger partial charge in [-0.1, -0.05) is 12.1 Å². The summed E-state index contributed by atoms with van der Waals surface area (Å²) in [6.07, 6.45) is -0.588. The van der Waals surface area contributed by atoms with Crippen molar-refractivity contribution in [1.82, 2.24) is 4.90 Å². The number of rotatable bonds is 4. The van der Waals surface area contributed by atoms with E-state index in [0.29, 0.717) is 5.92 Å². The number of amides is 1. The molecule has 1 saturated carbocycles. The van der Waals surface area contributed by atoms with Crippen molar-refractivity contribution in [3.63, 3.8) is 0 Å². The van der Waals surface area contributed by atoms with Gasteiger partial charge in [0.15, 0.2) is 0 Å². The molecular formula is C16H19F3N2O. The number of nitrogens with zero attached hydrogens (tertiary/aromatic N) is 1. The molecule has 0 spiro atoms. The highest BCUT2D eigenvalue weighted by Gasteiger charge is 2.42. The molecule has 3 rings (SSSR count). The van der Waals surface area contributed by atoms with Crippen molar-refractivity contribution in [2.75, 3.05) is 6.54 Å². The van der Waals surface area contributed by atoms with E-state index in [4.69, 9.17) is 5.73 Å². The zero-order chi connectivity index (χ0) is 15.9. The first kappa shape index (κ1) is 15.3. The molecule has 2 aliphatic rings. The van der Waals surface area contributed by atoms with Crippen molar-refractivity contribution in [3.8, 4) is 0 Å². The van der Waals surface area contributed by atoms with Crippen LogP contribution in [0, 0.1) is 5.92 Å². The van der Waals surface area contributed by atoms with E-state index in [0.717, 1.165) is 49.9 Å². The Morgan fingerprint density at radius 1 is 1.18 bits per heavy atom. The fourth-order valence-corrected chi connectivity index (χ4v) is 3.44.